The van der Waals surface area contributed by atoms with E-state index in [0.717, 1.165) is 34.6 Å². The quantitative estimate of drug-likeness (QED) is 0.911. The van der Waals surface area contributed by atoms with Gasteiger partial charge >= 0.3 is 0 Å². The minimum absolute atomic E-state index is 0.673. The molecule has 19 heavy (non-hydrogen) atoms. The van der Waals surface area contributed by atoms with E-state index >= 15 is 0 Å². The van der Waals surface area contributed by atoms with Crippen molar-refractivity contribution in [3.63, 3.8) is 0 Å². The lowest BCUT2D eigenvalue weighted by Crippen LogP contribution is -2.03. The van der Waals surface area contributed by atoms with E-state index in [-0.39, 0.29) is 0 Å². The average molecular weight is 322 g/mol. The summed E-state index contributed by atoms with van der Waals surface area (Å²) in [4.78, 5) is 8.83. The van der Waals surface area contributed by atoms with Gasteiger partial charge in [-0.3, -0.25) is 0 Å². The Morgan fingerprint density at radius 2 is 2.16 bits per heavy atom. The molecule has 2 rings (SSSR count). The molecule has 0 aliphatic heterocycles. The first kappa shape index (κ1) is 13.8. The van der Waals surface area contributed by atoms with Crippen LogP contribution in [0, 0.1) is 0 Å². The lowest BCUT2D eigenvalue weighted by Gasteiger charge is -2.08. The van der Waals surface area contributed by atoms with Crippen molar-refractivity contribution in [2.45, 2.75) is 13.3 Å². The smallest absolute Gasteiger partial charge is 0.162 e. The fourth-order valence-corrected chi connectivity index (χ4v) is 2.07. The maximum Gasteiger partial charge on any atom is 0.162 e. The number of rotatable bonds is 5. The van der Waals surface area contributed by atoms with Crippen molar-refractivity contribution < 1.29 is 4.74 Å². The molecule has 1 aromatic heterocycles. The fourth-order valence-electron chi connectivity index (χ4n) is 1.64. The fraction of sp³-hybridized carbons (Fsp3) is 0.286. The van der Waals surface area contributed by atoms with E-state index in [4.69, 9.17) is 4.74 Å². The first-order valence-electron chi connectivity index (χ1n) is 6.15. The maximum absolute atomic E-state index is 5.23. The van der Waals surface area contributed by atoms with Crippen LogP contribution in [0.1, 0.15) is 13.3 Å². The second-order valence-electron chi connectivity index (χ2n) is 4.04. The molecule has 0 aliphatic rings. The molecule has 0 aliphatic carbocycles. The highest BCUT2D eigenvalue weighted by atomic mass is 79.9. The van der Waals surface area contributed by atoms with Crippen LogP contribution in [-0.4, -0.2) is 23.6 Å². The Morgan fingerprint density at radius 3 is 2.89 bits per heavy atom. The number of hydrogen-bond acceptors (Lipinski definition) is 4. The number of halogens is 1. The predicted octanol–water partition coefficient (Wildman–Crippen LogP) is 3.74. The van der Waals surface area contributed by atoms with Gasteiger partial charge in [0.25, 0.3) is 0 Å². The number of hydrogen-bond donors (Lipinski definition) is 1. The van der Waals surface area contributed by atoms with E-state index in [1.807, 2.05) is 24.3 Å². The standard InChI is InChI=1S/C14H16BrN3O/c1-3-7-16-13-6-8-17-14(18-13)11-9-10(19-2)4-5-12(11)15/h4-6,8-9H,3,7H2,1-2H3,(H,16,17,18). The van der Waals surface area contributed by atoms with Gasteiger partial charge in [-0.2, -0.15) is 0 Å². The van der Waals surface area contributed by atoms with Crippen molar-refractivity contribution in [3.8, 4) is 17.1 Å². The molecule has 0 fully saturated rings. The van der Waals surface area contributed by atoms with E-state index in [1.54, 1.807) is 13.3 Å². The number of aromatic nitrogens is 2. The normalized spacial score (nSPS) is 10.3. The molecule has 0 saturated heterocycles. The summed E-state index contributed by atoms with van der Waals surface area (Å²) < 4.78 is 6.18. The van der Waals surface area contributed by atoms with Crippen LogP contribution in [0.4, 0.5) is 5.82 Å². The van der Waals surface area contributed by atoms with E-state index in [0.29, 0.717) is 5.82 Å². The van der Waals surface area contributed by atoms with Crippen LogP contribution in [0.2, 0.25) is 0 Å². The molecule has 1 N–H and O–H groups in total. The van der Waals surface area contributed by atoms with Crippen molar-refractivity contribution in [3.05, 3.63) is 34.9 Å². The molecule has 1 aromatic carbocycles. The molecular formula is C14H16BrN3O. The Balaban J connectivity index is 2.35. The SMILES string of the molecule is CCCNc1ccnc(-c2cc(OC)ccc2Br)n1. The number of anilines is 1. The highest BCUT2D eigenvalue weighted by molar-refractivity contribution is 9.10. The zero-order chi connectivity index (χ0) is 13.7. The van der Waals surface area contributed by atoms with Crippen molar-refractivity contribution in [1.82, 2.24) is 9.97 Å². The lowest BCUT2D eigenvalue weighted by atomic mass is 10.2. The number of methoxy groups -OCH3 is 1. The molecule has 0 bridgehead atoms. The molecule has 2 aromatic rings. The van der Waals surface area contributed by atoms with Gasteiger partial charge in [0.15, 0.2) is 5.82 Å². The Labute approximate surface area is 121 Å². The summed E-state index contributed by atoms with van der Waals surface area (Å²) in [6, 6.07) is 7.62. The number of benzene rings is 1. The number of ether oxygens (including phenoxy) is 1. The number of nitrogens with one attached hydrogen (secondary N) is 1. The zero-order valence-corrected chi connectivity index (χ0v) is 12.6. The lowest BCUT2D eigenvalue weighted by molar-refractivity contribution is 0.415. The molecule has 0 radical (unpaired) electrons. The van der Waals surface area contributed by atoms with Gasteiger partial charge in [0.2, 0.25) is 0 Å². The van der Waals surface area contributed by atoms with Crippen molar-refractivity contribution in [2.24, 2.45) is 0 Å². The van der Waals surface area contributed by atoms with E-state index in [2.05, 4.69) is 38.1 Å². The van der Waals surface area contributed by atoms with E-state index in [9.17, 15) is 0 Å². The van der Waals surface area contributed by atoms with Gasteiger partial charge in [0, 0.05) is 22.8 Å². The third kappa shape index (κ3) is 3.44. The van der Waals surface area contributed by atoms with Crippen molar-refractivity contribution in [1.29, 1.82) is 0 Å². The topological polar surface area (TPSA) is 47.0 Å². The molecule has 0 amide bonds. The molecule has 0 spiro atoms. The van der Waals surface area contributed by atoms with Crippen LogP contribution in [0.15, 0.2) is 34.9 Å². The third-order valence-corrected chi connectivity index (χ3v) is 3.32. The molecule has 5 heteroatoms. The molecule has 0 saturated carbocycles. The summed E-state index contributed by atoms with van der Waals surface area (Å²) in [5, 5.41) is 3.25. The Hall–Kier alpha value is -1.62. The summed E-state index contributed by atoms with van der Waals surface area (Å²) in [5.41, 5.74) is 0.916. The van der Waals surface area contributed by atoms with Gasteiger partial charge in [-0.1, -0.05) is 22.9 Å². The highest BCUT2D eigenvalue weighted by Crippen LogP contribution is 2.29. The summed E-state index contributed by atoms with van der Waals surface area (Å²) in [7, 11) is 1.65. The maximum atomic E-state index is 5.23. The largest absolute Gasteiger partial charge is 0.497 e. The Bertz CT molecular complexity index is 560. The Morgan fingerprint density at radius 1 is 1.32 bits per heavy atom. The van der Waals surface area contributed by atoms with Gasteiger partial charge in [-0.05, 0) is 30.7 Å². The molecule has 4 nitrogen and oxygen atoms in total. The van der Waals surface area contributed by atoms with E-state index < -0.39 is 0 Å². The first-order valence-corrected chi connectivity index (χ1v) is 6.94. The molecular weight excluding hydrogens is 306 g/mol. The Kier molecular flexibility index (Phi) is 4.74. The second kappa shape index (κ2) is 6.52. The van der Waals surface area contributed by atoms with Crippen LogP contribution < -0.4 is 10.1 Å². The van der Waals surface area contributed by atoms with Crippen LogP contribution >= 0.6 is 15.9 Å². The van der Waals surface area contributed by atoms with Crippen LogP contribution in [0.25, 0.3) is 11.4 Å². The minimum Gasteiger partial charge on any atom is -0.497 e. The van der Waals surface area contributed by atoms with Crippen molar-refractivity contribution in [2.75, 3.05) is 19.0 Å². The molecule has 1 heterocycles. The van der Waals surface area contributed by atoms with Crippen LogP contribution in [0.5, 0.6) is 5.75 Å². The van der Waals surface area contributed by atoms with Crippen LogP contribution in [-0.2, 0) is 0 Å². The average Bonchev–Trinajstić information content (AvgIpc) is 2.46. The summed E-state index contributed by atoms with van der Waals surface area (Å²) >= 11 is 3.52. The predicted molar refractivity (Wildman–Crippen MR) is 80.5 cm³/mol. The highest BCUT2D eigenvalue weighted by Gasteiger charge is 2.08. The van der Waals surface area contributed by atoms with Gasteiger partial charge in [0.05, 0.1) is 7.11 Å². The molecule has 100 valence electrons. The minimum atomic E-state index is 0.673. The monoisotopic (exact) mass is 321 g/mol. The summed E-state index contributed by atoms with van der Waals surface area (Å²) in [6.45, 7) is 3.02. The van der Waals surface area contributed by atoms with Gasteiger partial charge in [-0.25, -0.2) is 9.97 Å². The number of nitrogens with zero attached hydrogens (tertiary/aromatic N) is 2. The summed E-state index contributed by atoms with van der Waals surface area (Å²) in [5.74, 6) is 2.29. The molecule has 0 unspecified atom stereocenters. The van der Waals surface area contributed by atoms with Crippen LogP contribution in [0.3, 0.4) is 0 Å². The third-order valence-electron chi connectivity index (χ3n) is 2.63. The summed E-state index contributed by atoms with van der Waals surface area (Å²) in [6.07, 6.45) is 2.81. The first-order chi connectivity index (χ1) is 9.24. The van der Waals surface area contributed by atoms with Gasteiger partial charge < -0.3 is 10.1 Å². The van der Waals surface area contributed by atoms with Crippen molar-refractivity contribution >= 4 is 21.7 Å². The van der Waals surface area contributed by atoms with Gasteiger partial charge in [-0.15, -0.1) is 0 Å². The molecule has 0 atom stereocenters. The zero-order valence-electron chi connectivity index (χ0n) is 11.0. The van der Waals surface area contributed by atoms with Gasteiger partial charge in [0.1, 0.15) is 11.6 Å². The van der Waals surface area contributed by atoms with E-state index in [1.165, 1.54) is 0 Å². The second-order valence-corrected chi connectivity index (χ2v) is 4.89.